The summed E-state index contributed by atoms with van der Waals surface area (Å²) in [5.74, 6) is 1.56. The fraction of sp³-hybridized carbons (Fsp3) is 0.615. The number of likely N-dealkylation sites (N-methyl/N-ethyl adjacent to an activating group) is 1. The Morgan fingerprint density at radius 2 is 2.12 bits per heavy atom. The number of ether oxygens (including phenoxy) is 1. The van der Waals surface area contributed by atoms with Gasteiger partial charge in [0.15, 0.2) is 11.6 Å². The van der Waals surface area contributed by atoms with E-state index in [9.17, 15) is 5.11 Å². The van der Waals surface area contributed by atoms with Crippen molar-refractivity contribution in [3.8, 4) is 5.75 Å². The van der Waals surface area contributed by atoms with Crippen molar-refractivity contribution in [1.29, 1.82) is 0 Å². The number of aliphatic hydroxyl groups is 1. The summed E-state index contributed by atoms with van der Waals surface area (Å²) in [5.41, 5.74) is -0.753. The van der Waals surface area contributed by atoms with E-state index in [2.05, 4.69) is 4.98 Å². The minimum Gasteiger partial charge on any atom is -0.490 e. The first-order valence-electron chi connectivity index (χ1n) is 6.03. The third-order valence-electron chi connectivity index (χ3n) is 2.31. The minimum atomic E-state index is -0.753. The number of nitrogens with zero attached hydrogens (tertiary/aromatic N) is 2. The molecule has 0 unspecified atom stereocenters. The van der Waals surface area contributed by atoms with E-state index in [4.69, 9.17) is 4.74 Å². The monoisotopic (exact) mass is 238 g/mol. The van der Waals surface area contributed by atoms with Gasteiger partial charge in [0, 0.05) is 19.3 Å². The molecule has 1 aromatic rings. The predicted octanol–water partition coefficient (Wildman–Crippen LogP) is 2.08. The van der Waals surface area contributed by atoms with Crippen molar-refractivity contribution in [3.63, 3.8) is 0 Å². The fourth-order valence-corrected chi connectivity index (χ4v) is 1.69. The van der Waals surface area contributed by atoms with Crippen LogP contribution in [0.4, 0.5) is 5.82 Å². The summed E-state index contributed by atoms with van der Waals surface area (Å²) in [5, 5.41) is 9.89. The standard InChI is InChI=1S/C13H22N2O2/c1-5-15(10-13(3,4)16)12-11(17-6-2)8-7-9-14-12/h7-9,16H,5-6,10H2,1-4H3. The number of hydrogen-bond acceptors (Lipinski definition) is 4. The molecule has 0 spiro atoms. The average Bonchev–Trinajstić information content (AvgIpc) is 2.26. The van der Waals surface area contributed by atoms with Crippen molar-refractivity contribution in [2.24, 2.45) is 0 Å². The molecule has 1 rings (SSSR count). The van der Waals surface area contributed by atoms with E-state index < -0.39 is 5.60 Å². The summed E-state index contributed by atoms with van der Waals surface area (Å²) in [6, 6.07) is 3.76. The molecule has 4 heteroatoms. The third-order valence-corrected chi connectivity index (χ3v) is 2.31. The van der Waals surface area contributed by atoms with Crippen LogP contribution in [0.1, 0.15) is 27.7 Å². The van der Waals surface area contributed by atoms with Crippen LogP contribution in [-0.2, 0) is 0 Å². The van der Waals surface area contributed by atoms with E-state index in [1.54, 1.807) is 20.0 Å². The van der Waals surface area contributed by atoms with Crippen LogP contribution in [-0.4, -0.2) is 35.4 Å². The highest BCUT2D eigenvalue weighted by Gasteiger charge is 2.20. The summed E-state index contributed by atoms with van der Waals surface area (Å²) in [4.78, 5) is 6.36. The molecule has 0 aliphatic rings. The van der Waals surface area contributed by atoms with Gasteiger partial charge in [-0.25, -0.2) is 4.98 Å². The van der Waals surface area contributed by atoms with E-state index in [1.165, 1.54) is 0 Å². The Labute approximate surface area is 103 Å². The molecule has 1 N–H and O–H groups in total. The van der Waals surface area contributed by atoms with E-state index >= 15 is 0 Å². The van der Waals surface area contributed by atoms with E-state index in [-0.39, 0.29) is 0 Å². The highest BCUT2D eigenvalue weighted by molar-refractivity contribution is 5.52. The Hall–Kier alpha value is -1.29. The lowest BCUT2D eigenvalue weighted by molar-refractivity contribution is 0.0873. The van der Waals surface area contributed by atoms with Crippen LogP contribution in [0.5, 0.6) is 5.75 Å². The molecule has 0 saturated heterocycles. The lowest BCUT2D eigenvalue weighted by Crippen LogP contribution is -2.39. The van der Waals surface area contributed by atoms with Gasteiger partial charge in [-0.15, -0.1) is 0 Å². The zero-order valence-electron chi connectivity index (χ0n) is 11.1. The minimum absolute atomic E-state index is 0.528. The molecular formula is C13H22N2O2. The lowest BCUT2D eigenvalue weighted by atomic mass is 10.1. The molecule has 0 radical (unpaired) electrons. The molecule has 17 heavy (non-hydrogen) atoms. The first-order valence-corrected chi connectivity index (χ1v) is 6.03. The van der Waals surface area contributed by atoms with Crippen LogP contribution in [0.15, 0.2) is 18.3 Å². The topological polar surface area (TPSA) is 45.6 Å². The number of pyridine rings is 1. The summed E-state index contributed by atoms with van der Waals surface area (Å²) in [6.45, 7) is 9.48. The highest BCUT2D eigenvalue weighted by Crippen LogP contribution is 2.26. The van der Waals surface area contributed by atoms with Crippen molar-refractivity contribution < 1.29 is 9.84 Å². The Morgan fingerprint density at radius 1 is 1.41 bits per heavy atom. The molecule has 1 aromatic heterocycles. The van der Waals surface area contributed by atoms with Gasteiger partial charge in [-0.1, -0.05) is 0 Å². The van der Waals surface area contributed by atoms with E-state index in [0.717, 1.165) is 18.1 Å². The summed E-state index contributed by atoms with van der Waals surface area (Å²) in [7, 11) is 0. The summed E-state index contributed by atoms with van der Waals surface area (Å²) < 4.78 is 5.55. The molecule has 1 heterocycles. The molecule has 0 bridgehead atoms. The molecule has 0 aromatic carbocycles. The van der Waals surface area contributed by atoms with Crippen LogP contribution < -0.4 is 9.64 Å². The molecule has 0 amide bonds. The smallest absolute Gasteiger partial charge is 0.171 e. The molecule has 0 atom stereocenters. The van der Waals surface area contributed by atoms with Crippen molar-refractivity contribution in [2.45, 2.75) is 33.3 Å². The zero-order chi connectivity index (χ0) is 12.9. The molecule has 0 aliphatic carbocycles. The third kappa shape index (κ3) is 4.23. The lowest BCUT2D eigenvalue weighted by Gasteiger charge is -2.29. The zero-order valence-corrected chi connectivity index (χ0v) is 11.1. The average molecular weight is 238 g/mol. The molecule has 96 valence electrons. The maximum absolute atomic E-state index is 9.89. The Kier molecular flexibility index (Phi) is 4.75. The first kappa shape index (κ1) is 13.8. The van der Waals surface area contributed by atoms with Crippen molar-refractivity contribution in [3.05, 3.63) is 18.3 Å². The van der Waals surface area contributed by atoms with Crippen molar-refractivity contribution >= 4 is 5.82 Å². The SMILES string of the molecule is CCOc1cccnc1N(CC)CC(C)(C)O. The first-order chi connectivity index (χ1) is 7.98. The van der Waals surface area contributed by atoms with Gasteiger partial charge in [0.05, 0.1) is 12.2 Å². The molecule has 0 saturated carbocycles. The van der Waals surface area contributed by atoms with Crippen LogP contribution in [0.3, 0.4) is 0 Å². The van der Waals surface area contributed by atoms with E-state index in [1.807, 2.05) is 30.9 Å². The largest absolute Gasteiger partial charge is 0.490 e. The van der Waals surface area contributed by atoms with E-state index in [0.29, 0.717) is 13.2 Å². The maximum atomic E-state index is 9.89. The van der Waals surface area contributed by atoms with Crippen LogP contribution in [0.25, 0.3) is 0 Å². The molecule has 4 nitrogen and oxygen atoms in total. The number of rotatable bonds is 6. The van der Waals surface area contributed by atoms with Crippen molar-refractivity contribution in [2.75, 3.05) is 24.6 Å². The second-order valence-corrected chi connectivity index (χ2v) is 4.58. The van der Waals surface area contributed by atoms with Gasteiger partial charge in [0.1, 0.15) is 0 Å². The summed E-state index contributed by atoms with van der Waals surface area (Å²) >= 11 is 0. The Balaban J connectivity index is 2.94. The number of anilines is 1. The van der Waals surface area contributed by atoms with Gasteiger partial charge in [0.2, 0.25) is 0 Å². The van der Waals surface area contributed by atoms with Crippen LogP contribution >= 0.6 is 0 Å². The van der Waals surface area contributed by atoms with Crippen molar-refractivity contribution in [1.82, 2.24) is 4.98 Å². The van der Waals surface area contributed by atoms with Gasteiger partial charge >= 0.3 is 0 Å². The van der Waals surface area contributed by atoms with Gasteiger partial charge in [-0.2, -0.15) is 0 Å². The van der Waals surface area contributed by atoms with Gasteiger partial charge in [-0.05, 0) is 39.8 Å². The number of aromatic nitrogens is 1. The predicted molar refractivity (Wildman–Crippen MR) is 69.6 cm³/mol. The molecular weight excluding hydrogens is 216 g/mol. The van der Waals surface area contributed by atoms with Gasteiger partial charge in [-0.3, -0.25) is 0 Å². The normalized spacial score (nSPS) is 11.4. The molecule has 0 fully saturated rings. The summed E-state index contributed by atoms with van der Waals surface area (Å²) in [6.07, 6.45) is 1.74. The highest BCUT2D eigenvalue weighted by atomic mass is 16.5. The quantitative estimate of drug-likeness (QED) is 0.824. The maximum Gasteiger partial charge on any atom is 0.171 e. The second kappa shape index (κ2) is 5.87. The van der Waals surface area contributed by atoms with Gasteiger partial charge in [0.25, 0.3) is 0 Å². The van der Waals surface area contributed by atoms with Gasteiger partial charge < -0.3 is 14.7 Å². The fourth-order valence-electron chi connectivity index (χ4n) is 1.69. The molecule has 0 aliphatic heterocycles. The van der Waals surface area contributed by atoms with Crippen LogP contribution in [0, 0.1) is 0 Å². The Morgan fingerprint density at radius 3 is 2.65 bits per heavy atom. The van der Waals surface area contributed by atoms with Crippen LogP contribution in [0.2, 0.25) is 0 Å². The second-order valence-electron chi connectivity index (χ2n) is 4.58. The number of hydrogen-bond donors (Lipinski definition) is 1. The Bertz CT molecular complexity index is 348.